The van der Waals surface area contributed by atoms with Crippen LogP contribution in [0.25, 0.3) is 0 Å². The van der Waals surface area contributed by atoms with Crippen LogP contribution >= 0.6 is 11.3 Å². The molecule has 31 heavy (non-hydrogen) atoms. The molecule has 2 aromatic heterocycles. The summed E-state index contributed by atoms with van der Waals surface area (Å²) < 4.78 is 32.1. The van der Waals surface area contributed by atoms with E-state index in [4.69, 9.17) is 10.5 Å². The van der Waals surface area contributed by atoms with E-state index in [1.54, 1.807) is 30.1 Å². The Hall–Kier alpha value is -2.80. The Bertz CT molecular complexity index is 1130. The topological polar surface area (TPSA) is 141 Å². The van der Waals surface area contributed by atoms with Crippen molar-refractivity contribution in [2.45, 2.75) is 30.2 Å². The average molecular weight is 466 g/mol. The first-order valence-electron chi connectivity index (χ1n) is 9.14. The van der Waals surface area contributed by atoms with Crippen molar-refractivity contribution in [3.05, 3.63) is 58.6 Å². The van der Waals surface area contributed by atoms with Gasteiger partial charge in [-0.05, 0) is 31.2 Å². The predicted molar refractivity (Wildman–Crippen MR) is 113 cm³/mol. The number of imidazole rings is 1. The van der Waals surface area contributed by atoms with Gasteiger partial charge in [-0.1, -0.05) is 0 Å². The zero-order valence-corrected chi connectivity index (χ0v) is 18.9. The molecular weight excluding hydrogens is 442 g/mol. The van der Waals surface area contributed by atoms with E-state index in [0.717, 1.165) is 5.01 Å². The largest absolute Gasteiger partial charge is 0.497 e. The molecule has 0 spiro atoms. The molecule has 0 radical (unpaired) electrons. The second-order valence-electron chi connectivity index (χ2n) is 7.13. The fraction of sp³-hybridized carbons (Fsp3) is 0.316. The summed E-state index contributed by atoms with van der Waals surface area (Å²) in [5, 5.41) is 13.0. The van der Waals surface area contributed by atoms with Gasteiger partial charge in [0.25, 0.3) is 15.9 Å². The Labute approximate surface area is 183 Å². The second-order valence-corrected chi connectivity index (χ2v) is 9.96. The first kappa shape index (κ1) is 22.9. The van der Waals surface area contributed by atoms with E-state index in [9.17, 15) is 18.4 Å². The number of nitrogens with two attached hydrogens (primary N) is 1. The van der Waals surface area contributed by atoms with Crippen LogP contribution in [-0.4, -0.2) is 51.2 Å². The van der Waals surface area contributed by atoms with Gasteiger partial charge < -0.3 is 15.0 Å². The number of ether oxygens (including phenoxy) is 1. The number of amides is 1. The maximum atomic E-state index is 13.2. The highest BCUT2D eigenvalue weighted by molar-refractivity contribution is 7.89. The number of carbonyl (C=O) groups excluding carboxylic acids is 1. The lowest BCUT2D eigenvalue weighted by Gasteiger charge is -2.29. The predicted octanol–water partition coefficient (Wildman–Crippen LogP) is 1.28. The SMILES string of the molecule is COc1ccc(S(=O)(=O)N(O)C(=O)C(N)(Cc2cn(C)cn2)Cc2csc(C)n2)cc1. The van der Waals surface area contributed by atoms with Gasteiger partial charge in [0.15, 0.2) is 0 Å². The number of rotatable bonds is 8. The van der Waals surface area contributed by atoms with Gasteiger partial charge in [0.2, 0.25) is 0 Å². The molecule has 1 amide bonds. The Morgan fingerprint density at radius 2 is 1.94 bits per heavy atom. The van der Waals surface area contributed by atoms with Crippen molar-refractivity contribution < 1.29 is 23.2 Å². The molecule has 1 aromatic carbocycles. The smallest absolute Gasteiger partial charge is 0.289 e. The minimum Gasteiger partial charge on any atom is -0.497 e. The van der Waals surface area contributed by atoms with Gasteiger partial charge in [-0.2, -0.15) is 8.42 Å². The Morgan fingerprint density at radius 1 is 1.29 bits per heavy atom. The van der Waals surface area contributed by atoms with Crippen molar-refractivity contribution in [3.63, 3.8) is 0 Å². The number of methoxy groups -OCH3 is 1. The van der Waals surface area contributed by atoms with E-state index >= 15 is 0 Å². The van der Waals surface area contributed by atoms with Crippen molar-refractivity contribution in [3.8, 4) is 5.75 Å². The van der Waals surface area contributed by atoms with Gasteiger partial charge in [-0.25, -0.2) is 9.97 Å². The molecule has 10 nitrogen and oxygen atoms in total. The number of hydrogen-bond acceptors (Lipinski definition) is 9. The summed E-state index contributed by atoms with van der Waals surface area (Å²) in [4.78, 5) is 21.4. The Morgan fingerprint density at radius 3 is 2.45 bits per heavy atom. The number of nitrogens with zero attached hydrogens (tertiary/aromatic N) is 4. The van der Waals surface area contributed by atoms with Crippen molar-refractivity contribution in [2.24, 2.45) is 12.8 Å². The maximum Gasteiger partial charge on any atom is 0.289 e. The molecule has 1 unspecified atom stereocenters. The number of hydrogen-bond donors (Lipinski definition) is 2. The van der Waals surface area contributed by atoms with Crippen molar-refractivity contribution in [1.82, 2.24) is 19.0 Å². The van der Waals surface area contributed by atoms with Crippen molar-refractivity contribution >= 4 is 27.3 Å². The van der Waals surface area contributed by atoms with Crippen LogP contribution in [-0.2, 0) is 34.7 Å². The Kier molecular flexibility index (Phi) is 6.46. The second kappa shape index (κ2) is 8.75. The summed E-state index contributed by atoms with van der Waals surface area (Å²) in [6.45, 7) is 1.80. The van der Waals surface area contributed by atoms with Gasteiger partial charge in [-0.3, -0.25) is 10.0 Å². The van der Waals surface area contributed by atoms with E-state index in [2.05, 4.69) is 9.97 Å². The molecule has 0 aliphatic rings. The molecule has 3 N–H and O–H groups in total. The standard InChI is InChI=1S/C19H23N5O5S2/c1-13-22-15(11-30-13)9-19(20,8-14-10-23(2)12-21-14)18(25)24(26)31(27,28)17-6-4-16(29-3)5-7-17/h4-7,10-12,26H,8-9,20H2,1-3H3. The van der Waals surface area contributed by atoms with E-state index in [-0.39, 0.29) is 22.2 Å². The molecule has 166 valence electrons. The van der Waals surface area contributed by atoms with Crippen molar-refractivity contribution in [1.29, 1.82) is 0 Å². The molecule has 3 aromatic rings. The third-order valence-electron chi connectivity index (χ3n) is 4.60. The highest BCUT2D eigenvalue weighted by Crippen LogP contribution is 2.24. The number of thiazole rings is 1. The molecule has 0 fully saturated rings. The number of aromatic nitrogens is 3. The fourth-order valence-corrected chi connectivity index (χ4v) is 4.75. The van der Waals surface area contributed by atoms with Crippen LogP contribution in [0.2, 0.25) is 0 Å². The fourth-order valence-electron chi connectivity index (χ4n) is 3.05. The van der Waals surface area contributed by atoms with Crippen LogP contribution in [0.5, 0.6) is 5.75 Å². The summed E-state index contributed by atoms with van der Waals surface area (Å²) in [7, 11) is -1.37. The van der Waals surface area contributed by atoms with E-state index in [1.165, 1.54) is 49.0 Å². The maximum absolute atomic E-state index is 13.2. The average Bonchev–Trinajstić information content (AvgIpc) is 3.33. The highest BCUT2D eigenvalue weighted by atomic mass is 32.2. The van der Waals surface area contributed by atoms with E-state index in [1.807, 2.05) is 0 Å². The highest BCUT2D eigenvalue weighted by Gasteiger charge is 2.43. The molecule has 2 heterocycles. The number of carbonyl (C=O) groups is 1. The van der Waals surface area contributed by atoms with Crippen LogP contribution in [0.1, 0.15) is 16.4 Å². The van der Waals surface area contributed by atoms with E-state index in [0.29, 0.717) is 17.1 Å². The summed E-state index contributed by atoms with van der Waals surface area (Å²) in [6.07, 6.45) is 3.03. The lowest BCUT2D eigenvalue weighted by atomic mass is 9.89. The van der Waals surface area contributed by atoms with Crippen LogP contribution in [0, 0.1) is 6.92 Å². The number of hydroxylamine groups is 1. The lowest BCUT2D eigenvalue weighted by Crippen LogP contribution is -2.58. The number of benzene rings is 1. The minimum atomic E-state index is -4.56. The number of sulfonamides is 1. The van der Waals surface area contributed by atoms with Gasteiger partial charge >= 0.3 is 0 Å². The molecule has 3 rings (SSSR count). The van der Waals surface area contributed by atoms with Gasteiger partial charge in [-0.15, -0.1) is 15.8 Å². The lowest BCUT2D eigenvalue weighted by molar-refractivity contribution is -0.152. The molecule has 0 bridgehead atoms. The normalized spacial score (nSPS) is 13.6. The van der Waals surface area contributed by atoms with Crippen LogP contribution in [0.4, 0.5) is 0 Å². The van der Waals surface area contributed by atoms with E-state index < -0.39 is 21.5 Å². The molecule has 0 aliphatic heterocycles. The van der Waals surface area contributed by atoms with Gasteiger partial charge in [0.1, 0.15) is 11.3 Å². The van der Waals surface area contributed by atoms with Gasteiger partial charge in [0, 0.05) is 31.5 Å². The minimum absolute atomic E-state index is 0.0814. The summed E-state index contributed by atoms with van der Waals surface area (Å²) in [6, 6.07) is 5.27. The van der Waals surface area contributed by atoms with Gasteiger partial charge in [0.05, 0.1) is 34.7 Å². The zero-order valence-electron chi connectivity index (χ0n) is 17.2. The molecule has 12 heteroatoms. The first-order valence-corrected chi connectivity index (χ1v) is 11.5. The van der Waals surface area contributed by atoms with Crippen LogP contribution in [0.3, 0.4) is 0 Å². The van der Waals surface area contributed by atoms with Crippen LogP contribution < -0.4 is 10.5 Å². The monoisotopic (exact) mass is 465 g/mol. The summed E-state index contributed by atoms with van der Waals surface area (Å²) in [5.41, 5.74) is 5.61. The molecule has 0 aliphatic carbocycles. The molecular formula is C19H23N5O5S2. The van der Waals surface area contributed by atoms with Crippen LogP contribution in [0.15, 0.2) is 47.1 Å². The Balaban J connectivity index is 1.95. The van der Waals surface area contributed by atoms with Crippen molar-refractivity contribution in [2.75, 3.05) is 7.11 Å². The summed E-state index contributed by atoms with van der Waals surface area (Å²) >= 11 is 1.38. The quantitative estimate of drug-likeness (QED) is 0.374. The first-order chi connectivity index (χ1) is 14.5. The zero-order chi connectivity index (χ0) is 22.8. The molecule has 0 saturated carbocycles. The number of aryl methyl sites for hydroxylation is 2. The summed E-state index contributed by atoms with van der Waals surface area (Å²) in [5.74, 6) is -0.753. The third kappa shape index (κ3) is 4.93. The third-order valence-corrected chi connectivity index (χ3v) is 6.91. The molecule has 0 saturated heterocycles. The molecule has 1 atom stereocenters.